The molecule has 3 rings (SSSR count). The van der Waals surface area contributed by atoms with Gasteiger partial charge in [0, 0.05) is 25.6 Å². The van der Waals surface area contributed by atoms with Crippen LogP contribution in [0.4, 0.5) is 0 Å². The first kappa shape index (κ1) is 37.8. The molecule has 262 valence electrons. The molecule has 1 aliphatic heterocycles. The van der Waals surface area contributed by atoms with Gasteiger partial charge in [0.15, 0.2) is 0 Å². The summed E-state index contributed by atoms with van der Waals surface area (Å²) in [6.07, 6.45) is 5.75. The molecule has 0 aliphatic carbocycles. The van der Waals surface area contributed by atoms with E-state index in [-0.39, 0.29) is 38.0 Å². The number of hydrogen-bond acceptors (Lipinski definition) is 11. The molecule has 1 aromatic carbocycles. The number of aromatic nitrogens is 2. The van der Waals surface area contributed by atoms with E-state index in [1.807, 2.05) is 0 Å². The van der Waals surface area contributed by atoms with Gasteiger partial charge in [-0.1, -0.05) is 12.1 Å². The number of amides is 5. The lowest BCUT2D eigenvalue weighted by molar-refractivity contribution is -0.143. The fraction of sp³-hybridized carbons (Fsp3) is 0.500. The zero-order valence-corrected chi connectivity index (χ0v) is 27.2. The van der Waals surface area contributed by atoms with Gasteiger partial charge < -0.3 is 52.2 Å². The molecule has 18 heteroatoms. The third kappa shape index (κ3) is 11.2. The smallest absolute Gasteiger partial charge is 0.326 e. The number of carboxylic acid groups (broad SMARTS) is 1. The van der Waals surface area contributed by atoms with E-state index < -0.39 is 78.9 Å². The third-order valence-electron chi connectivity index (χ3n) is 7.66. The van der Waals surface area contributed by atoms with E-state index in [0.717, 1.165) is 0 Å². The van der Waals surface area contributed by atoms with Crippen molar-refractivity contribution in [1.29, 1.82) is 0 Å². The molecule has 5 amide bonds. The molecule has 17 nitrogen and oxygen atoms in total. The van der Waals surface area contributed by atoms with Crippen molar-refractivity contribution < 1.29 is 44.1 Å². The van der Waals surface area contributed by atoms with Gasteiger partial charge in [-0.3, -0.25) is 24.0 Å². The SMILES string of the molecule is CSCC[C@H](NC(=O)[C@H](Cc1ccc(O)cc1)NC(=O)[C@@H]1CCCN1C(=O)CNC(=O)[C@H](CO)NC(=O)[C@@H](N)Cc1c[nH]cn1)C(=O)O. The average molecular weight is 691 g/mol. The Morgan fingerprint density at radius 1 is 1.02 bits per heavy atom. The second-order valence-corrected chi connectivity index (χ2v) is 12.2. The lowest BCUT2D eigenvalue weighted by Gasteiger charge is -2.27. The minimum atomic E-state index is -1.39. The summed E-state index contributed by atoms with van der Waals surface area (Å²) in [6.45, 7) is -1.11. The van der Waals surface area contributed by atoms with Crippen LogP contribution in [0.25, 0.3) is 0 Å². The molecule has 1 aromatic heterocycles. The van der Waals surface area contributed by atoms with Crippen LogP contribution in [0.5, 0.6) is 5.75 Å². The lowest BCUT2D eigenvalue weighted by Crippen LogP contribution is -2.57. The summed E-state index contributed by atoms with van der Waals surface area (Å²) in [6, 6.07) is 0.145. The Labute approximate surface area is 280 Å². The number of rotatable bonds is 18. The maximum atomic E-state index is 13.5. The van der Waals surface area contributed by atoms with Crippen LogP contribution in [-0.4, -0.2) is 128 Å². The summed E-state index contributed by atoms with van der Waals surface area (Å²) < 4.78 is 0. The van der Waals surface area contributed by atoms with Crippen molar-refractivity contribution in [2.75, 3.05) is 31.7 Å². The Bertz CT molecular complexity index is 1410. The Morgan fingerprint density at radius 3 is 2.35 bits per heavy atom. The fourth-order valence-electron chi connectivity index (χ4n) is 5.03. The monoisotopic (exact) mass is 690 g/mol. The van der Waals surface area contributed by atoms with Crippen LogP contribution in [0.15, 0.2) is 36.8 Å². The second kappa shape index (κ2) is 18.6. The van der Waals surface area contributed by atoms with Crippen LogP contribution in [0.1, 0.15) is 30.5 Å². The van der Waals surface area contributed by atoms with Crippen molar-refractivity contribution in [1.82, 2.24) is 36.1 Å². The number of phenols is 1. The van der Waals surface area contributed by atoms with Crippen molar-refractivity contribution in [2.24, 2.45) is 5.73 Å². The molecule has 0 bridgehead atoms. The van der Waals surface area contributed by atoms with Crippen molar-refractivity contribution >= 4 is 47.3 Å². The van der Waals surface area contributed by atoms with Gasteiger partial charge in [-0.25, -0.2) is 9.78 Å². The van der Waals surface area contributed by atoms with Crippen LogP contribution in [0.3, 0.4) is 0 Å². The predicted molar refractivity (Wildman–Crippen MR) is 173 cm³/mol. The summed E-state index contributed by atoms with van der Waals surface area (Å²) >= 11 is 1.42. The Kier molecular flexibility index (Phi) is 14.6. The normalized spacial score (nSPS) is 16.6. The number of carbonyl (C=O) groups excluding carboxylic acids is 5. The fourth-order valence-corrected chi connectivity index (χ4v) is 5.50. The van der Waals surface area contributed by atoms with Crippen molar-refractivity contribution in [3.63, 3.8) is 0 Å². The van der Waals surface area contributed by atoms with Gasteiger partial charge in [0.2, 0.25) is 29.5 Å². The number of aromatic hydroxyl groups is 1. The van der Waals surface area contributed by atoms with E-state index >= 15 is 0 Å². The van der Waals surface area contributed by atoms with Crippen LogP contribution < -0.4 is 27.0 Å². The Balaban J connectivity index is 1.62. The highest BCUT2D eigenvalue weighted by molar-refractivity contribution is 7.98. The molecule has 0 spiro atoms. The number of aromatic amines is 1. The Morgan fingerprint density at radius 2 is 1.73 bits per heavy atom. The first-order valence-electron chi connectivity index (χ1n) is 15.3. The highest BCUT2D eigenvalue weighted by Crippen LogP contribution is 2.19. The molecular formula is C30H42N8O9S. The molecule has 48 heavy (non-hydrogen) atoms. The van der Waals surface area contributed by atoms with Gasteiger partial charge >= 0.3 is 5.97 Å². The lowest BCUT2D eigenvalue weighted by atomic mass is 10.0. The van der Waals surface area contributed by atoms with E-state index in [4.69, 9.17) is 5.73 Å². The number of carbonyl (C=O) groups is 6. The average Bonchev–Trinajstić information content (AvgIpc) is 3.77. The van der Waals surface area contributed by atoms with E-state index in [9.17, 15) is 44.1 Å². The largest absolute Gasteiger partial charge is 0.508 e. The standard InChI is InChI=1S/C30H42N8O9S/c1-48-10-8-21(30(46)47)35-28(44)22(11-17-4-6-19(40)7-5-17)36-29(45)24-3-2-9-38(24)25(41)14-33-27(43)23(15-39)37-26(42)20(31)12-18-13-32-16-34-18/h4-7,13,16,20-24,39-40H,2-3,8-12,14-15,31H2,1H3,(H,32,34)(H,33,43)(H,35,44)(H,36,45)(H,37,42)(H,46,47)/t20-,21-,22-,23-,24-/m0/s1. The second-order valence-electron chi connectivity index (χ2n) is 11.2. The van der Waals surface area contributed by atoms with E-state index in [1.165, 1.54) is 35.1 Å². The van der Waals surface area contributed by atoms with Gasteiger partial charge in [-0.05, 0) is 49.0 Å². The molecular weight excluding hydrogens is 648 g/mol. The number of nitrogens with two attached hydrogens (primary N) is 1. The quantitative estimate of drug-likeness (QED) is 0.0794. The van der Waals surface area contributed by atoms with Gasteiger partial charge in [0.1, 0.15) is 29.9 Å². The number of aliphatic hydroxyl groups is 1. The number of nitrogens with one attached hydrogen (secondary N) is 5. The Hall–Kier alpha value is -4.68. The number of carboxylic acids is 1. The van der Waals surface area contributed by atoms with Crippen LogP contribution in [0.2, 0.25) is 0 Å². The molecule has 1 aliphatic rings. The molecule has 2 heterocycles. The van der Waals surface area contributed by atoms with Crippen LogP contribution in [0, 0.1) is 0 Å². The minimum absolute atomic E-state index is 0.000402. The van der Waals surface area contributed by atoms with Crippen LogP contribution in [-0.2, 0) is 41.6 Å². The van der Waals surface area contributed by atoms with E-state index in [2.05, 4.69) is 31.2 Å². The maximum Gasteiger partial charge on any atom is 0.326 e. The maximum absolute atomic E-state index is 13.5. The number of H-pyrrole nitrogens is 1. The first-order valence-corrected chi connectivity index (χ1v) is 16.6. The number of benzene rings is 1. The molecule has 1 fully saturated rings. The molecule has 1 saturated heterocycles. The van der Waals surface area contributed by atoms with Crippen molar-refractivity contribution in [3.8, 4) is 5.75 Å². The number of aliphatic hydroxyl groups excluding tert-OH is 1. The zero-order valence-electron chi connectivity index (χ0n) is 26.4. The molecule has 0 saturated carbocycles. The zero-order chi connectivity index (χ0) is 35.2. The number of phenolic OH excluding ortho intramolecular Hbond substituents is 1. The molecule has 2 aromatic rings. The number of thioether (sulfide) groups is 1. The van der Waals surface area contributed by atoms with Gasteiger partial charge in [-0.2, -0.15) is 11.8 Å². The molecule has 5 atom stereocenters. The summed E-state index contributed by atoms with van der Waals surface area (Å²) in [5.41, 5.74) is 6.99. The number of nitrogens with zero attached hydrogens (tertiary/aromatic N) is 2. The predicted octanol–water partition coefficient (Wildman–Crippen LogP) is -2.38. The summed E-state index contributed by atoms with van der Waals surface area (Å²) in [4.78, 5) is 84.8. The minimum Gasteiger partial charge on any atom is -0.508 e. The highest BCUT2D eigenvalue weighted by Gasteiger charge is 2.37. The first-order chi connectivity index (χ1) is 22.9. The highest BCUT2D eigenvalue weighted by atomic mass is 32.2. The molecule has 0 radical (unpaired) electrons. The summed E-state index contributed by atoms with van der Waals surface area (Å²) in [5.74, 6) is -4.27. The molecule has 10 N–H and O–H groups in total. The topological polar surface area (TPSA) is 269 Å². The van der Waals surface area contributed by atoms with E-state index in [1.54, 1.807) is 24.6 Å². The summed E-state index contributed by atoms with van der Waals surface area (Å²) in [7, 11) is 0. The number of hydrogen-bond donors (Lipinski definition) is 9. The number of likely N-dealkylation sites (tertiary alicyclic amines) is 1. The van der Waals surface area contributed by atoms with Crippen molar-refractivity contribution in [3.05, 3.63) is 48.0 Å². The van der Waals surface area contributed by atoms with Gasteiger partial charge in [0.25, 0.3) is 0 Å². The van der Waals surface area contributed by atoms with Crippen molar-refractivity contribution in [2.45, 2.75) is 62.3 Å². The van der Waals surface area contributed by atoms with Gasteiger partial charge in [0.05, 0.1) is 31.2 Å². The third-order valence-corrected chi connectivity index (χ3v) is 8.30. The van der Waals surface area contributed by atoms with Crippen LogP contribution >= 0.6 is 11.8 Å². The molecule has 0 unspecified atom stereocenters. The number of imidazole rings is 1. The van der Waals surface area contributed by atoms with Gasteiger partial charge in [-0.15, -0.1) is 0 Å². The summed E-state index contributed by atoms with van der Waals surface area (Å²) in [5, 5.41) is 38.8. The number of aliphatic carboxylic acids is 1. The van der Waals surface area contributed by atoms with E-state index in [0.29, 0.717) is 23.4 Å².